The number of hydrogen-bond donors (Lipinski definition) is 0. The van der Waals surface area contributed by atoms with Crippen LogP contribution < -0.4 is 0 Å². The summed E-state index contributed by atoms with van der Waals surface area (Å²) in [5.74, 6) is -0.468. The molecule has 0 spiro atoms. The van der Waals surface area contributed by atoms with E-state index in [-0.39, 0.29) is 6.61 Å². The number of rotatable bonds is 5. The predicted molar refractivity (Wildman–Crippen MR) is 52.7 cm³/mol. The van der Waals surface area contributed by atoms with E-state index in [4.69, 9.17) is 0 Å². The van der Waals surface area contributed by atoms with Crippen LogP contribution in [0.4, 0.5) is 0 Å². The van der Waals surface area contributed by atoms with Gasteiger partial charge in [-0.2, -0.15) is 0 Å². The van der Waals surface area contributed by atoms with Crippen LogP contribution in [-0.4, -0.2) is 18.9 Å². The Kier molecular flexibility index (Phi) is 4.11. The van der Waals surface area contributed by atoms with Gasteiger partial charge in [-0.05, 0) is 25.7 Å². The number of allylic oxidation sites excluding steroid dienone is 2. The first-order valence-corrected chi connectivity index (χ1v) is 4.70. The molecule has 0 aromatic rings. The minimum Gasteiger partial charge on any atom is -0.455 e. The molecule has 76 valence electrons. The van der Waals surface area contributed by atoms with Gasteiger partial charge in [-0.1, -0.05) is 18.2 Å². The number of aldehydes is 1. The minimum atomic E-state index is -0.468. The molecule has 1 rings (SSSR count). The van der Waals surface area contributed by atoms with E-state index in [1.807, 2.05) is 0 Å². The number of hydrogen-bond acceptors (Lipinski definition) is 3. The Morgan fingerprint density at radius 1 is 1.64 bits per heavy atom. The van der Waals surface area contributed by atoms with E-state index in [0.717, 1.165) is 19.3 Å². The molecule has 0 saturated carbocycles. The molecule has 0 radical (unpaired) electrons. The summed E-state index contributed by atoms with van der Waals surface area (Å²) in [6, 6.07) is 0. The Morgan fingerprint density at radius 3 is 3.00 bits per heavy atom. The zero-order chi connectivity index (χ0) is 10.4. The second-order valence-electron chi connectivity index (χ2n) is 3.30. The Balaban J connectivity index is 2.33. The smallest absolute Gasteiger partial charge is 0.334 e. The molecule has 0 amide bonds. The van der Waals surface area contributed by atoms with Crippen molar-refractivity contribution in [2.45, 2.75) is 25.7 Å². The largest absolute Gasteiger partial charge is 0.455 e. The predicted octanol–water partition coefficient (Wildman–Crippen LogP) is 1.79. The van der Waals surface area contributed by atoms with E-state index in [9.17, 15) is 9.59 Å². The molecular weight excluding hydrogens is 180 g/mol. The summed E-state index contributed by atoms with van der Waals surface area (Å²) in [4.78, 5) is 21.1. The fraction of sp³-hybridized carbons (Fsp3) is 0.455. The van der Waals surface area contributed by atoms with Crippen molar-refractivity contribution in [1.29, 1.82) is 0 Å². The normalized spacial score (nSPS) is 14.7. The number of carbonyl (C=O) groups excluding carboxylic acids is 2. The summed E-state index contributed by atoms with van der Waals surface area (Å²) in [6.07, 6.45) is 6.56. The molecule has 0 aromatic heterocycles. The lowest BCUT2D eigenvalue weighted by Gasteiger charge is -2.04. The molecule has 0 N–H and O–H groups in total. The topological polar surface area (TPSA) is 43.4 Å². The maximum atomic E-state index is 11.2. The van der Waals surface area contributed by atoms with Crippen molar-refractivity contribution < 1.29 is 14.3 Å². The molecule has 0 aromatic carbocycles. The Morgan fingerprint density at radius 2 is 2.43 bits per heavy atom. The second kappa shape index (κ2) is 5.37. The average molecular weight is 194 g/mol. The van der Waals surface area contributed by atoms with E-state index in [2.05, 4.69) is 17.4 Å². The molecule has 3 heteroatoms. The van der Waals surface area contributed by atoms with E-state index in [1.54, 1.807) is 0 Å². The van der Waals surface area contributed by atoms with Gasteiger partial charge in [0, 0.05) is 5.57 Å². The summed E-state index contributed by atoms with van der Waals surface area (Å²) in [5.41, 5.74) is 1.68. The SMILES string of the molecule is C=C(CC1=CCCC1)C(=O)OCC=O. The van der Waals surface area contributed by atoms with Crippen LogP contribution in [0.3, 0.4) is 0 Å². The lowest BCUT2D eigenvalue weighted by atomic mass is 10.1. The second-order valence-corrected chi connectivity index (χ2v) is 3.30. The van der Waals surface area contributed by atoms with E-state index in [1.165, 1.54) is 5.57 Å². The first kappa shape index (κ1) is 10.7. The maximum absolute atomic E-state index is 11.2. The Bertz CT molecular complexity index is 276. The van der Waals surface area contributed by atoms with Crippen molar-refractivity contribution in [2.75, 3.05) is 6.61 Å². The summed E-state index contributed by atoms with van der Waals surface area (Å²) in [6.45, 7) is 3.46. The monoisotopic (exact) mass is 194 g/mol. The summed E-state index contributed by atoms with van der Waals surface area (Å²) >= 11 is 0. The van der Waals surface area contributed by atoms with Crippen LogP contribution in [-0.2, 0) is 14.3 Å². The zero-order valence-electron chi connectivity index (χ0n) is 8.12. The number of carbonyl (C=O) groups is 2. The third-order valence-electron chi connectivity index (χ3n) is 2.15. The molecule has 0 unspecified atom stereocenters. The third kappa shape index (κ3) is 3.17. The Hall–Kier alpha value is -1.38. The molecule has 0 atom stereocenters. The lowest BCUT2D eigenvalue weighted by molar-refractivity contribution is -0.141. The zero-order valence-corrected chi connectivity index (χ0v) is 8.12. The highest BCUT2D eigenvalue weighted by molar-refractivity contribution is 5.88. The summed E-state index contributed by atoms with van der Waals surface area (Å²) in [7, 11) is 0. The highest BCUT2D eigenvalue weighted by Crippen LogP contribution is 2.23. The van der Waals surface area contributed by atoms with Crippen molar-refractivity contribution >= 4 is 12.3 Å². The molecule has 3 nitrogen and oxygen atoms in total. The van der Waals surface area contributed by atoms with Gasteiger partial charge < -0.3 is 4.74 Å². The first-order valence-electron chi connectivity index (χ1n) is 4.70. The molecule has 0 aliphatic heterocycles. The van der Waals surface area contributed by atoms with Gasteiger partial charge in [0.2, 0.25) is 0 Å². The fourth-order valence-corrected chi connectivity index (χ4v) is 1.46. The summed E-state index contributed by atoms with van der Waals surface area (Å²) < 4.78 is 4.63. The molecule has 0 heterocycles. The minimum absolute atomic E-state index is 0.184. The van der Waals surface area contributed by atoms with Crippen molar-refractivity contribution in [2.24, 2.45) is 0 Å². The van der Waals surface area contributed by atoms with E-state index >= 15 is 0 Å². The fourth-order valence-electron chi connectivity index (χ4n) is 1.46. The molecular formula is C11H14O3. The van der Waals surface area contributed by atoms with Gasteiger partial charge in [0.25, 0.3) is 0 Å². The van der Waals surface area contributed by atoms with Crippen LogP contribution in [0.25, 0.3) is 0 Å². The molecule has 0 saturated heterocycles. The highest BCUT2D eigenvalue weighted by atomic mass is 16.5. The van der Waals surface area contributed by atoms with Crippen LogP contribution in [0.15, 0.2) is 23.8 Å². The van der Waals surface area contributed by atoms with Gasteiger partial charge in [0.15, 0.2) is 6.29 Å². The van der Waals surface area contributed by atoms with E-state index < -0.39 is 5.97 Å². The van der Waals surface area contributed by atoms with Crippen LogP contribution >= 0.6 is 0 Å². The van der Waals surface area contributed by atoms with E-state index in [0.29, 0.717) is 18.3 Å². The highest BCUT2D eigenvalue weighted by Gasteiger charge is 2.12. The molecule has 1 aliphatic carbocycles. The standard InChI is InChI=1S/C11H14O3/c1-9(11(13)14-7-6-12)8-10-4-2-3-5-10/h4,6H,1-3,5,7-8H2. The lowest BCUT2D eigenvalue weighted by Crippen LogP contribution is -2.09. The molecule has 14 heavy (non-hydrogen) atoms. The van der Waals surface area contributed by atoms with Crippen LogP contribution in [0, 0.1) is 0 Å². The van der Waals surface area contributed by atoms with Crippen molar-refractivity contribution in [3.8, 4) is 0 Å². The first-order chi connectivity index (χ1) is 6.74. The third-order valence-corrected chi connectivity index (χ3v) is 2.15. The average Bonchev–Trinajstić information content (AvgIpc) is 2.66. The van der Waals surface area contributed by atoms with Gasteiger partial charge in [0.05, 0.1) is 0 Å². The quantitative estimate of drug-likeness (QED) is 0.290. The van der Waals surface area contributed by atoms with Gasteiger partial charge in [-0.25, -0.2) is 4.79 Å². The van der Waals surface area contributed by atoms with Gasteiger partial charge in [-0.3, -0.25) is 4.79 Å². The van der Waals surface area contributed by atoms with Crippen molar-refractivity contribution in [3.05, 3.63) is 23.8 Å². The van der Waals surface area contributed by atoms with Crippen LogP contribution in [0.1, 0.15) is 25.7 Å². The van der Waals surface area contributed by atoms with Gasteiger partial charge in [-0.15, -0.1) is 0 Å². The molecule has 1 aliphatic rings. The van der Waals surface area contributed by atoms with Gasteiger partial charge >= 0.3 is 5.97 Å². The summed E-state index contributed by atoms with van der Waals surface area (Å²) in [5, 5.41) is 0. The van der Waals surface area contributed by atoms with Gasteiger partial charge in [0.1, 0.15) is 6.61 Å². The number of ether oxygens (including phenoxy) is 1. The van der Waals surface area contributed by atoms with Crippen molar-refractivity contribution in [3.63, 3.8) is 0 Å². The number of esters is 1. The van der Waals surface area contributed by atoms with Crippen molar-refractivity contribution in [1.82, 2.24) is 0 Å². The Labute approximate surface area is 83.4 Å². The van der Waals surface area contributed by atoms with Crippen LogP contribution in [0.2, 0.25) is 0 Å². The molecule has 0 bridgehead atoms. The van der Waals surface area contributed by atoms with Crippen LogP contribution in [0.5, 0.6) is 0 Å². The molecule has 0 fully saturated rings. The maximum Gasteiger partial charge on any atom is 0.334 e.